The molecule has 0 unspecified atom stereocenters. The SMILES string of the molecule is C(=NNc1ccccc1)c1ccc(OCCCCN2CCCCC2)cc1. The van der Waals surface area contributed by atoms with Crippen molar-refractivity contribution in [3.8, 4) is 5.75 Å². The standard InChI is InChI=1S/C22H29N3O/c1-3-9-21(10-4-1)24-23-19-20-11-13-22(14-12-20)26-18-8-7-17-25-15-5-2-6-16-25/h1,3-4,9-14,19,24H,2,5-8,15-18H2. The molecule has 1 N–H and O–H groups in total. The van der Waals surface area contributed by atoms with E-state index in [1.165, 1.54) is 45.3 Å². The normalized spacial score (nSPS) is 15.2. The second-order valence-electron chi connectivity index (χ2n) is 6.76. The smallest absolute Gasteiger partial charge is 0.119 e. The third kappa shape index (κ3) is 6.52. The van der Waals surface area contributed by atoms with Gasteiger partial charge in [-0.15, -0.1) is 0 Å². The number of hydrazone groups is 1. The lowest BCUT2D eigenvalue weighted by atomic mass is 10.1. The van der Waals surface area contributed by atoms with Crippen LogP contribution in [0.3, 0.4) is 0 Å². The van der Waals surface area contributed by atoms with Crippen LogP contribution in [0.25, 0.3) is 0 Å². The minimum Gasteiger partial charge on any atom is -0.494 e. The van der Waals surface area contributed by atoms with E-state index >= 15 is 0 Å². The fourth-order valence-corrected chi connectivity index (χ4v) is 3.15. The van der Waals surface area contributed by atoms with Gasteiger partial charge in [-0.3, -0.25) is 5.43 Å². The number of anilines is 1. The van der Waals surface area contributed by atoms with Crippen LogP contribution < -0.4 is 10.2 Å². The molecule has 3 rings (SSSR count). The molecule has 0 saturated carbocycles. The highest BCUT2D eigenvalue weighted by atomic mass is 16.5. The van der Waals surface area contributed by atoms with Crippen molar-refractivity contribution in [1.82, 2.24) is 4.90 Å². The highest BCUT2D eigenvalue weighted by molar-refractivity contribution is 5.80. The van der Waals surface area contributed by atoms with Crippen molar-refractivity contribution < 1.29 is 4.74 Å². The first-order valence-electron chi connectivity index (χ1n) is 9.69. The lowest BCUT2D eigenvalue weighted by molar-refractivity contribution is 0.216. The number of piperidine rings is 1. The van der Waals surface area contributed by atoms with Crippen LogP contribution in [0.4, 0.5) is 5.69 Å². The van der Waals surface area contributed by atoms with E-state index in [-0.39, 0.29) is 0 Å². The van der Waals surface area contributed by atoms with E-state index in [1.54, 1.807) is 0 Å². The van der Waals surface area contributed by atoms with Crippen LogP contribution in [0.2, 0.25) is 0 Å². The van der Waals surface area contributed by atoms with Gasteiger partial charge in [-0.25, -0.2) is 0 Å². The van der Waals surface area contributed by atoms with Crippen LogP contribution >= 0.6 is 0 Å². The molecule has 0 bridgehead atoms. The van der Waals surface area contributed by atoms with Gasteiger partial charge in [0.1, 0.15) is 5.75 Å². The Hall–Kier alpha value is -2.33. The number of nitrogens with one attached hydrogen (secondary N) is 1. The van der Waals surface area contributed by atoms with Crippen molar-refractivity contribution >= 4 is 11.9 Å². The van der Waals surface area contributed by atoms with Crippen molar-refractivity contribution in [3.05, 3.63) is 60.2 Å². The predicted molar refractivity (Wildman–Crippen MR) is 109 cm³/mol. The molecule has 138 valence electrons. The summed E-state index contributed by atoms with van der Waals surface area (Å²) in [6.45, 7) is 4.57. The van der Waals surface area contributed by atoms with Crippen LogP contribution in [0.5, 0.6) is 5.75 Å². The molecule has 0 spiro atoms. The number of benzene rings is 2. The summed E-state index contributed by atoms with van der Waals surface area (Å²) in [4.78, 5) is 2.58. The van der Waals surface area contributed by atoms with Crippen LogP contribution in [0.1, 0.15) is 37.7 Å². The van der Waals surface area contributed by atoms with E-state index < -0.39 is 0 Å². The van der Waals surface area contributed by atoms with Crippen molar-refractivity contribution in [2.75, 3.05) is 31.7 Å². The van der Waals surface area contributed by atoms with E-state index in [0.717, 1.165) is 30.0 Å². The van der Waals surface area contributed by atoms with Gasteiger partial charge in [0.05, 0.1) is 18.5 Å². The first-order chi connectivity index (χ1) is 12.9. The summed E-state index contributed by atoms with van der Waals surface area (Å²) in [7, 11) is 0. The number of hydrogen-bond acceptors (Lipinski definition) is 4. The molecule has 0 aliphatic carbocycles. The van der Waals surface area contributed by atoms with Gasteiger partial charge >= 0.3 is 0 Å². The quantitative estimate of drug-likeness (QED) is 0.401. The van der Waals surface area contributed by atoms with Crippen molar-refractivity contribution in [3.63, 3.8) is 0 Å². The van der Waals surface area contributed by atoms with Gasteiger partial charge in [0.2, 0.25) is 0 Å². The summed E-state index contributed by atoms with van der Waals surface area (Å²) in [5.74, 6) is 0.927. The molecule has 1 heterocycles. The van der Waals surface area contributed by atoms with Gasteiger partial charge in [0, 0.05) is 0 Å². The third-order valence-corrected chi connectivity index (χ3v) is 4.65. The summed E-state index contributed by atoms with van der Waals surface area (Å²) in [5.41, 5.74) is 5.04. The molecule has 1 aliphatic heterocycles. The van der Waals surface area contributed by atoms with Gasteiger partial charge < -0.3 is 9.64 Å². The van der Waals surface area contributed by atoms with Gasteiger partial charge in [-0.1, -0.05) is 24.6 Å². The Labute approximate surface area is 156 Å². The summed E-state index contributed by atoms with van der Waals surface area (Å²) in [6, 6.07) is 18.0. The van der Waals surface area contributed by atoms with Crippen LogP contribution in [-0.4, -0.2) is 37.4 Å². The van der Waals surface area contributed by atoms with E-state index in [9.17, 15) is 0 Å². The molecular weight excluding hydrogens is 322 g/mol. The maximum atomic E-state index is 5.85. The topological polar surface area (TPSA) is 36.9 Å². The summed E-state index contributed by atoms with van der Waals surface area (Å²) in [5, 5.41) is 4.25. The maximum absolute atomic E-state index is 5.85. The minimum atomic E-state index is 0.789. The third-order valence-electron chi connectivity index (χ3n) is 4.65. The molecule has 4 nitrogen and oxygen atoms in total. The van der Waals surface area contributed by atoms with E-state index in [2.05, 4.69) is 15.4 Å². The van der Waals surface area contributed by atoms with Crippen LogP contribution in [0, 0.1) is 0 Å². The number of hydrogen-bond donors (Lipinski definition) is 1. The number of para-hydroxylation sites is 1. The Morgan fingerprint density at radius 2 is 1.69 bits per heavy atom. The Morgan fingerprint density at radius 3 is 2.46 bits per heavy atom. The Bertz CT molecular complexity index is 649. The highest BCUT2D eigenvalue weighted by Crippen LogP contribution is 2.13. The molecule has 0 atom stereocenters. The number of ether oxygens (including phenoxy) is 1. The summed E-state index contributed by atoms with van der Waals surface area (Å²) >= 11 is 0. The van der Waals surface area contributed by atoms with Gasteiger partial charge in [0.15, 0.2) is 0 Å². The molecule has 2 aromatic rings. The first-order valence-corrected chi connectivity index (χ1v) is 9.69. The average Bonchev–Trinajstić information content (AvgIpc) is 2.70. The maximum Gasteiger partial charge on any atom is 0.119 e. The molecule has 1 aliphatic rings. The number of likely N-dealkylation sites (tertiary alicyclic amines) is 1. The van der Waals surface area contributed by atoms with Crippen LogP contribution in [-0.2, 0) is 0 Å². The Balaban J connectivity index is 1.32. The number of rotatable bonds is 9. The summed E-state index contributed by atoms with van der Waals surface area (Å²) < 4.78 is 5.85. The second-order valence-corrected chi connectivity index (χ2v) is 6.76. The molecule has 26 heavy (non-hydrogen) atoms. The molecule has 0 radical (unpaired) electrons. The lowest BCUT2D eigenvalue weighted by Gasteiger charge is -2.26. The van der Waals surface area contributed by atoms with Gasteiger partial charge in [-0.2, -0.15) is 5.10 Å². The van der Waals surface area contributed by atoms with Gasteiger partial charge in [-0.05, 0) is 87.3 Å². The van der Waals surface area contributed by atoms with E-state index in [0.29, 0.717) is 0 Å². The largest absolute Gasteiger partial charge is 0.494 e. The zero-order valence-corrected chi connectivity index (χ0v) is 15.4. The molecule has 2 aromatic carbocycles. The Morgan fingerprint density at radius 1 is 0.923 bits per heavy atom. The lowest BCUT2D eigenvalue weighted by Crippen LogP contribution is -2.30. The van der Waals surface area contributed by atoms with Gasteiger partial charge in [0.25, 0.3) is 0 Å². The fraction of sp³-hybridized carbons (Fsp3) is 0.409. The van der Waals surface area contributed by atoms with Crippen LogP contribution in [0.15, 0.2) is 59.7 Å². The minimum absolute atomic E-state index is 0.789. The average molecular weight is 351 g/mol. The van der Waals surface area contributed by atoms with Crippen molar-refractivity contribution in [2.45, 2.75) is 32.1 Å². The zero-order valence-electron chi connectivity index (χ0n) is 15.4. The number of nitrogens with zero attached hydrogens (tertiary/aromatic N) is 2. The molecule has 0 aromatic heterocycles. The van der Waals surface area contributed by atoms with E-state index in [1.807, 2.05) is 60.8 Å². The fourth-order valence-electron chi connectivity index (χ4n) is 3.15. The van der Waals surface area contributed by atoms with E-state index in [4.69, 9.17) is 4.74 Å². The summed E-state index contributed by atoms with van der Waals surface area (Å²) in [6.07, 6.45) is 8.29. The molecular formula is C22H29N3O. The molecule has 4 heteroatoms. The second kappa shape index (κ2) is 10.6. The number of unbranched alkanes of at least 4 members (excludes halogenated alkanes) is 1. The molecule has 0 amide bonds. The highest BCUT2D eigenvalue weighted by Gasteiger charge is 2.08. The molecule has 1 saturated heterocycles. The molecule has 1 fully saturated rings. The monoisotopic (exact) mass is 351 g/mol. The van der Waals surface area contributed by atoms with Crippen molar-refractivity contribution in [1.29, 1.82) is 0 Å². The predicted octanol–water partition coefficient (Wildman–Crippen LogP) is 4.78. The zero-order chi connectivity index (χ0) is 17.9. The first kappa shape index (κ1) is 18.5. The Kier molecular flexibility index (Phi) is 7.54. The van der Waals surface area contributed by atoms with Crippen molar-refractivity contribution in [2.24, 2.45) is 5.10 Å².